The molecule has 2 unspecified atom stereocenters. The molecule has 0 aliphatic heterocycles. The number of hydrogen-bond acceptors (Lipinski definition) is 8. The van der Waals surface area contributed by atoms with Crippen LogP contribution in [0.15, 0.2) is 0 Å². The van der Waals surface area contributed by atoms with Crippen molar-refractivity contribution in [3.8, 4) is 0 Å². The van der Waals surface area contributed by atoms with Gasteiger partial charge in [0.2, 0.25) is 0 Å². The van der Waals surface area contributed by atoms with Gasteiger partial charge in [-0.3, -0.25) is 9.59 Å². The molecule has 0 aliphatic rings. The van der Waals surface area contributed by atoms with Crippen LogP contribution in [0.25, 0.3) is 0 Å². The topological polar surface area (TPSA) is 89.5 Å². The van der Waals surface area contributed by atoms with Crippen molar-refractivity contribution in [2.45, 2.75) is 111 Å². The summed E-state index contributed by atoms with van der Waals surface area (Å²) < 4.78 is 32.1. The second-order valence-corrected chi connectivity index (χ2v) is 8.06. The van der Waals surface area contributed by atoms with Gasteiger partial charge in [-0.1, -0.05) is 46.0 Å². The van der Waals surface area contributed by atoms with E-state index >= 15 is 0 Å². The van der Waals surface area contributed by atoms with E-state index in [2.05, 4.69) is 13.8 Å². The fourth-order valence-corrected chi connectivity index (χ4v) is 2.87. The average Bonchev–Trinajstić information content (AvgIpc) is 2.77. The van der Waals surface area contributed by atoms with Crippen LogP contribution in [0.4, 0.5) is 0 Å². The van der Waals surface area contributed by atoms with Crippen LogP contribution >= 0.6 is 0 Å². The molecule has 0 bridgehead atoms. The molecule has 0 fully saturated rings. The maximum absolute atomic E-state index is 11.8. The largest absolute Gasteiger partial charge is 0.436 e. The second kappa shape index (κ2) is 23.9. The van der Waals surface area contributed by atoms with Gasteiger partial charge in [0.05, 0.1) is 26.4 Å². The van der Waals surface area contributed by atoms with Crippen LogP contribution < -0.4 is 0 Å². The van der Waals surface area contributed by atoms with Crippen LogP contribution in [0.3, 0.4) is 0 Å². The number of carbonyl (C=O) groups excluding carboxylic acids is 2. The zero-order valence-corrected chi connectivity index (χ0v) is 21.4. The van der Waals surface area contributed by atoms with Gasteiger partial charge in [-0.25, -0.2) is 0 Å². The Morgan fingerprint density at radius 2 is 0.939 bits per heavy atom. The lowest BCUT2D eigenvalue weighted by molar-refractivity contribution is -0.178. The maximum Gasteiger partial charge on any atom is 0.308 e. The standard InChI is InChI=1S/C25H48O8/c1-5-7-16-28-18-20-30-22(3)32-24(26)14-12-10-9-11-13-15-25(27)33-23(4)31-21-19-29-17-8-6-2/h22-23H,5-21H2,1-4H3. The lowest BCUT2D eigenvalue weighted by atomic mass is 10.1. The highest BCUT2D eigenvalue weighted by Crippen LogP contribution is 2.10. The van der Waals surface area contributed by atoms with Crippen LogP contribution in [0.2, 0.25) is 0 Å². The fourth-order valence-electron chi connectivity index (χ4n) is 2.87. The van der Waals surface area contributed by atoms with Gasteiger partial charge in [0.25, 0.3) is 0 Å². The third-order valence-electron chi connectivity index (χ3n) is 4.80. The molecule has 0 spiro atoms. The summed E-state index contributed by atoms with van der Waals surface area (Å²) in [5.41, 5.74) is 0. The minimum Gasteiger partial charge on any atom is -0.436 e. The zero-order chi connectivity index (χ0) is 24.6. The van der Waals surface area contributed by atoms with E-state index in [4.69, 9.17) is 28.4 Å². The molecule has 0 heterocycles. The van der Waals surface area contributed by atoms with E-state index in [0.717, 1.165) is 71.0 Å². The van der Waals surface area contributed by atoms with Crippen molar-refractivity contribution in [2.75, 3.05) is 39.6 Å². The molecular weight excluding hydrogens is 428 g/mol. The summed E-state index contributed by atoms with van der Waals surface area (Å²) in [5.74, 6) is -0.495. The van der Waals surface area contributed by atoms with Crippen LogP contribution in [0.1, 0.15) is 98.3 Å². The second-order valence-electron chi connectivity index (χ2n) is 8.06. The molecule has 0 N–H and O–H groups in total. The van der Waals surface area contributed by atoms with Crippen molar-refractivity contribution in [2.24, 2.45) is 0 Å². The fraction of sp³-hybridized carbons (Fsp3) is 0.920. The van der Waals surface area contributed by atoms with Crippen molar-refractivity contribution >= 4 is 11.9 Å². The Bertz CT molecular complexity index is 418. The summed E-state index contributed by atoms with van der Waals surface area (Å²) in [4.78, 5) is 23.7. The third-order valence-corrected chi connectivity index (χ3v) is 4.80. The predicted octanol–water partition coefficient (Wildman–Crippen LogP) is 5.16. The van der Waals surface area contributed by atoms with Crippen molar-refractivity contribution in [3.05, 3.63) is 0 Å². The molecule has 0 rings (SSSR count). The molecule has 0 radical (unpaired) electrons. The number of rotatable bonds is 24. The van der Waals surface area contributed by atoms with E-state index in [1.54, 1.807) is 13.8 Å². The molecule has 0 aromatic heterocycles. The number of unbranched alkanes of at least 4 members (excludes halogenated alkanes) is 6. The normalized spacial score (nSPS) is 13.0. The minimum absolute atomic E-state index is 0.247. The molecule has 0 saturated carbocycles. The Morgan fingerprint density at radius 3 is 1.33 bits per heavy atom. The number of ether oxygens (including phenoxy) is 6. The lowest BCUT2D eigenvalue weighted by Gasteiger charge is -2.14. The molecule has 0 aromatic carbocycles. The molecular formula is C25H48O8. The van der Waals surface area contributed by atoms with Gasteiger partial charge in [-0.15, -0.1) is 0 Å². The first-order valence-corrected chi connectivity index (χ1v) is 12.8. The average molecular weight is 477 g/mol. The van der Waals surface area contributed by atoms with Crippen LogP contribution in [-0.2, 0) is 38.0 Å². The summed E-state index contributed by atoms with van der Waals surface area (Å²) in [6.07, 6.45) is 8.25. The Balaban J connectivity index is 3.50. The van der Waals surface area contributed by atoms with E-state index in [0.29, 0.717) is 39.3 Å². The molecule has 8 nitrogen and oxygen atoms in total. The van der Waals surface area contributed by atoms with Gasteiger partial charge < -0.3 is 28.4 Å². The van der Waals surface area contributed by atoms with Gasteiger partial charge in [0, 0.05) is 26.1 Å². The maximum atomic E-state index is 11.8. The van der Waals surface area contributed by atoms with Gasteiger partial charge >= 0.3 is 11.9 Å². The smallest absolute Gasteiger partial charge is 0.308 e. The summed E-state index contributed by atoms with van der Waals surface area (Å²) in [7, 11) is 0. The van der Waals surface area contributed by atoms with Crippen molar-refractivity contribution in [1.29, 1.82) is 0 Å². The predicted molar refractivity (Wildman–Crippen MR) is 127 cm³/mol. The molecule has 0 aliphatic carbocycles. The Labute approximate surface area is 201 Å². The molecule has 0 saturated heterocycles. The highest BCUT2D eigenvalue weighted by molar-refractivity contribution is 5.69. The van der Waals surface area contributed by atoms with Crippen LogP contribution in [-0.4, -0.2) is 64.2 Å². The molecule has 196 valence electrons. The van der Waals surface area contributed by atoms with Gasteiger partial charge in [-0.2, -0.15) is 0 Å². The number of hydrogen-bond donors (Lipinski definition) is 0. The summed E-state index contributed by atoms with van der Waals surface area (Å²) in [5, 5.41) is 0. The Kier molecular flexibility index (Phi) is 23.0. The first-order valence-electron chi connectivity index (χ1n) is 12.8. The molecule has 33 heavy (non-hydrogen) atoms. The summed E-state index contributed by atoms with van der Waals surface area (Å²) in [6.45, 7) is 11.0. The van der Waals surface area contributed by atoms with E-state index < -0.39 is 12.6 Å². The highest BCUT2D eigenvalue weighted by atomic mass is 16.7. The first kappa shape index (κ1) is 31.8. The summed E-state index contributed by atoms with van der Waals surface area (Å²) in [6, 6.07) is 0. The quantitative estimate of drug-likeness (QED) is 0.107. The highest BCUT2D eigenvalue weighted by Gasteiger charge is 2.11. The van der Waals surface area contributed by atoms with E-state index in [1.165, 1.54) is 0 Å². The van der Waals surface area contributed by atoms with Gasteiger partial charge in [0.15, 0.2) is 12.6 Å². The number of esters is 2. The summed E-state index contributed by atoms with van der Waals surface area (Å²) >= 11 is 0. The van der Waals surface area contributed by atoms with Crippen LogP contribution in [0.5, 0.6) is 0 Å². The first-order chi connectivity index (χ1) is 16.0. The molecule has 8 heteroatoms. The van der Waals surface area contributed by atoms with E-state index in [9.17, 15) is 9.59 Å². The Hall–Kier alpha value is -1.22. The lowest BCUT2D eigenvalue weighted by Crippen LogP contribution is -2.20. The molecule has 2 atom stereocenters. The monoisotopic (exact) mass is 476 g/mol. The van der Waals surface area contributed by atoms with Crippen molar-refractivity contribution in [1.82, 2.24) is 0 Å². The molecule has 0 aromatic rings. The SMILES string of the molecule is CCCCOCCOC(C)OC(=O)CCCCCCCC(=O)OC(C)OCCOCCCC. The molecule has 0 amide bonds. The van der Waals surface area contributed by atoms with Gasteiger partial charge in [-0.05, 0) is 39.5 Å². The van der Waals surface area contributed by atoms with E-state index in [-0.39, 0.29) is 11.9 Å². The van der Waals surface area contributed by atoms with Crippen molar-refractivity contribution in [3.63, 3.8) is 0 Å². The third kappa shape index (κ3) is 23.7. The van der Waals surface area contributed by atoms with Crippen LogP contribution in [0, 0.1) is 0 Å². The Morgan fingerprint density at radius 1 is 0.545 bits per heavy atom. The number of carbonyl (C=O) groups is 2. The van der Waals surface area contributed by atoms with E-state index in [1.807, 2.05) is 0 Å². The zero-order valence-electron chi connectivity index (χ0n) is 21.4. The minimum atomic E-state index is -0.557. The van der Waals surface area contributed by atoms with Gasteiger partial charge in [0.1, 0.15) is 0 Å². The van der Waals surface area contributed by atoms with Crippen molar-refractivity contribution < 1.29 is 38.0 Å².